The number of rotatable bonds is 13. The van der Waals surface area contributed by atoms with Gasteiger partial charge >= 0.3 is 5.97 Å². The van der Waals surface area contributed by atoms with Gasteiger partial charge < -0.3 is 5.11 Å². The van der Waals surface area contributed by atoms with Gasteiger partial charge in [0, 0.05) is 0 Å². The van der Waals surface area contributed by atoms with Crippen LogP contribution >= 0.6 is 0 Å². The van der Waals surface area contributed by atoms with Crippen molar-refractivity contribution in [2.75, 3.05) is 0 Å². The fraction of sp³-hybridized carbons (Fsp3) is 0.969. The lowest BCUT2D eigenvalue weighted by atomic mass is 9.66. The zero-order valence-electron chi connectivity index (χ0n) is 23.4. The van der Waals surface area contributed by atoms with Crippen LogP contribution in [0.2, 0.25) is 0 Å². The second-order valence-electron chi connectivity index (χ2n) is 13.4. The van der Waals surface area contributed by atoms with E-state index in [2.05, 4.69) is 20.8 Å². The van der Waals surface area contributed by atoms with Crippen LogP contribution in [0.4, 0.5) is 4.39 Å². The summed E-state index contributed by atoms with van der Waals surface area (Å²) in [6, 6.07) is 0. The molecule has 2 unspecified atom stereocenters. The summed E-state index contributed by atoms with van der Waals surface area (Å²) in [4.78, 5) is 12.1. The van der Waals surface area contributed by atoms with E-state index in [1.165, 1.54) is 77.0 Å². The Bertz CT molecular complexity index is 595. The maximum atomic E-state index is 15.1. The number of halogens is 1. The minimum atomic E-state index is -0.970. The summed E-state index contributed by atoms with van der Waals surface area (Å²) in [6.07, 6.45) is 22.1. The molecular formula is C32H57FO2. The van der Waals surface area contributed by atoms with Gasteiger partial charge in [-0.05, 0) is 99.7 Å². The Balaban J connectivity index is 1.33. The van der Waals surface area contributed by atoms with Crippen LogP contribution in [0.15, 0.2) is 0 Å². The maximum Gasteiger partial charge on any atom is 0.309 e. The van der Waals surface area contributed by atoms with Gasteiger partial charge in [0.2, 0.25) is 0 Å². The van der Waals surface area contributed by atoms with Gasteiger partial charge in [0.15, 0.2) is 0 Å². The molecule has 2 atom stereocenters. The van der Waals surface area contributed by atoms with E-state index in [1.54, 1.807) is 0 Å². The summed E-state index contributed by atoms with van der Waals surface area (Å²) in [7, 11) is 0. The summed E-state index contributed by atoms with van der Waals surface area (Å²) in [5.74, 6) is 4.07. The fourth-order valence-corrected chi connectivity index (χ4v) is 8.32. The molecule has 0 spiro atoms. The van der Waals surface area contributed by atoms with Crippen molar-refractivity contribution in [1.29, 1.82) is 0 Å². The number of carboxylic acids is 1. The second kappa shape index (κ2) is 14.4. The molecule has 35 heavy (non-hydrogen) atoms. The van der Waals surface area contributed by atoms with Crippen molar-refractivity contribution in [2.45, 2.75) is 155 Å². The van der Waals surface area contributed by atoms with Gasteiger partial charge in [-0.25, -0.2) is 4.39 Å². The highest BCUT2D eigenvalue weighted by atomic mass is 19.1. The summed E-state index contributed by atoms with van der Waals surface area (Å²) in [6.45, 7) is 6.72. The zero-order chi connectivity index (χ0) is 25.3. The smallest absolute Gasteiger partial charge is 0.309 e. The molecule has 0 radical (unpaired) electrons. The lowest BCUT2D eigenvalue weighted by molar-refractivity contribution is -0.153. The molecule has 3 aliphatic rings. The highest BCUT2D eigenvalue weighted by Crippen LogP contribution is 2.46. The molecule has 0 heterocycles. The Morgan fingerprint density at radius 1 is 0.800 bits per heavy atom. The molecule has 0 aliphatic heterocycles. The molecular weight excluding hydrogens is 435 g/mol. The van der Waals surface area contributed by atoms with Crippen LogP contribution < -0.4 is 0 Å². The first kappa shape index (κ1) is 29.0. The van der Waals surface area contributed by atoms with Crippen molar-refractivity contribution in [1.82, 2.24) is 0 Å². The number of alkyl halides is 1. The Morgan fingerprint density at radius 3 is 1.71 bits per heavy atom. The minimum absolute atomic E-state index is 0.233. The van der Waals surface area contributed by atoms with E-state index in [4.69, 9.17) is 0 Å². The first-order valence-electron chi connectivity index (χ1n) is 15.7. The molecule has 204 valence electrons. The molecule has 2 nitrogen and oxygen atoms in total. The van der Waals surface area contributed by atoms with Crippen molar-refractivity contribution in [2.24, 2.45) is 40.9 Å². The standard InChI is InChI=1S/C32H57FO2/c1-4-6-25-10-14-28(15-11-25)29-16-12-27(13-17-29)9-8-24(3)22-30(33)23-32(31(34)35)20-18-26(7-5-2)19-21-32/h24-30H,4-23H2,1-3H3,(H,34,35). The van der Waals surface area contributed by atoms with Crippen LogP contribution in [-0.2, 0) is 4.79 Å². The highest BCUT2D eigenvalue weighted by Gasteiger charge is 2.43. The van der Waals surface area contributed by atoms with E-state index in [1.807, 2.05) is 0 Å². The van der Waals surface area contributed by atoms with Crippen LogP contribution in [-0.4, -0.2) is 17.2 Å². The normalized spacial score (nSPS) is 35.9. The molecule has 3 rings (SSSR count). The first-order chi connectivity index (χ1) is 16.8. The molecule has 0 aromatic heterocycles. The molecule has 3 fully saturated rings. The predicted octanol–water partition coefficient (Wildman–Crippen LogP) is 10.00. The average molecular weight is 493 g/mol. The lowest BCUT2D eigenvalue weighted by Crippen LogP contribution is -2.38. The molecule has 0 aromatic rings. The van der Waals surface area contributed by atoms with Crippen LogP contribution in [0.25, 0.3) is 0 Å². The minimum Gasteiger partial charge on any atom is -0.481 e. The number of aliphatic carboxylic acids is 1. The van der Waals surface area contributed by atoms with Crippen LogP contribution in [0, 0.1) is 40.9 Å². The van der Waals surface area contributed by atoms with Crippen molar-refractivity contribution in [3.63, 3.8) is 0 Å². The van der Waals surface area contributed by atoms with E-state index in [-0.39, 0.29) is 6.42 Å². The Hall–Kier alpha value is -0.600. The van der Waals surface area contributed by atoms with Crippen LogP contribution in [0.5, 0.6) is 0 Å². The van der Waals surface area contributed by atoms with Gasteiger partial charge in [0.05, 0.1) is 5.41 Å². The molecule has 0 amide bonds. The van der Waals surface area contributed by atoms with E-state index < -0.39 is 17.6 Å². The number of carboxylic acid groups (broad SMARTS) is 1. The van der Waals surface area contributed by atoms with Crippen molar-refractivity contribution >= 4 is 5.97 Å². The van der Waals surface area contributed by atoms with Crippen LogP contribution in [0.1, 0.15) is 149 Å². The van der Waals surface area contributed by atoms with Gasteiger partial charge in [0.25, 0.3) is 0 Å². The molecule has 3 heteroatoms. The van der Waals surface area contributed by atoms with E-state index in [0.717, 1.165) is 49.4 Å². The second-order valence-corrected chi connectivity index (χ2v) is 13.4. The molecule has 1 N–H and O–H groups in total. The largest absolute Gasteiger partial charge is 0.481 e. The number of carbonyl (C=O) groups is 1. The first-order valence-corrected chi connectivity index (χ1v) is 15.7. The zero-order valence-corrected chi connectivity index (χ0v) is 23.4. The van der Waals surface area contributed by atoms with Crippen molar-refractivity contribution in [3.8, 4) is 0 Å². The fourth-order valence-electron chi connectivity index (χ4n) is 8.32. The third-order valence-corrected chi connectivity index (χ3v) is 10.7. The van der Waals surface area contributed by atoms with E-state index >= 15 is 4.39 Å². The molecule has 0 saturated heterocycles. The van der Waals surface area contributed by atoms with Crippen LogP contribution in [0.3, 0.4) is 0 Å². The topological polar surface area (TPSA) is 37.3 Å². The average Bonchev–Trinajstić information content (AvgIpc) is 2.85. The monoisotopic (exact) mass is 492 g/mol. The van der Waals surface area contributed by atoms with Gasteiger partial charge in [-0.1, -0.05) is 85.0 Å². The van der Waals surface area contributed by atoms with Gasteiger partial charge in [0.1, 0.15) is 6.17 Å². The summed E-state index contributed by atoms with van der Waals surface area (Å²) in [5.41, 5.74) is -0.808. The van der Waals surface area contributed by atoms with E-state index in [0.29, 0.717) is 31.1 Å². The highest BCUT2D eigenvalue weighted by molar-refractivity contribution is 5.74. The van der Waals surface area contributed by atoms with E-state index in [9.17, 15) is 9.90 Å². The third kappa shape index (κ3) is 8.74. The third-order valence-electron chi connectivity index (χ3n) is 10.7. The Kier molecular flexibility index (Phi) is 11.9. The number of hydrogen-bond acceptors (Lipinski definition) is 1. The van der Waals surface area contributed by atoms with Gasteiger partial charge in [-0.3, -0.25) is 4.79 Å². The van der Waals surface area contributed by atoms with Crippen molar-refractivity contribution in [3.05, 3.63) is 0 Å². The molecule has 3 aliphatic carbocycles. The van der Waals surface area contributed by atoms with Gasteiger partial charge in [-0.15, -0.1) is 0 Å². The Morgan fingerprint density at radius 2 is 1.26 bits per heavy atom. The lowest BCUT2D eigenvalue weighted by Gasteiger charge is -2.38. The SMILES string of the molecule is CCCC1CCC(C2CCC(CCC(C)CC(F)CC3(C(=O)O)CCC(CCC)CC3)CC2)CC1. The molecule has 0 bridgehead atoms. The number of hydrogen-bond donors (Lipinski definition) is 1. The molecule has 3 saturated carbocycles. The quantitative estimate of drug-likeness (QED) is 0.278. The Labute approximate surface area is 216 Å². The summed E-state index contributed by atoms with van der Waals surface area (Å²) < 4.78 is 15.1. The predicted molar refractivity (Wildman–Crippen MR) is 145 cm³/mol. The molecule has 0 aromatic carbocycles. The maximum absolute atomic E-state index is 15.1. The van der Waals surface area contributed by atoms with Gasteiger partial charge in [-0.2, -0.15) is 0 Å². The summed E-state index contributed by atoms with van der Waals surface area (Å²) in [5, 5.41) is 9.95. The summed E-state index contributed by atoms with van der Waals surface area (Å²) >= 11 is 0. The van der Waals surface area contributed by atoms with Crippen molar-refractivity contribution < 1.29 is 14.3 Å².